The van der Waals surface area contributed by atoms with Crippen molar-refractivity contribution in [3.8, 4) is 0 Å². The number of H-pyrrole nitrogens is 1. The van der Waals surface area contributed by atoms with Gasteiger partial charge in [0.1, 0.15) is 0 Å². The molecule has 3 nitrogen and oxygen atoms in total. The molecule has 4 heteroatoms. The van der Waals surface area contributed by atoms with Crippen LogP contribution in [0.2, 0.25) is 5.02 Å². The Labute approximate surface area is 133 Å². The molecular weight excluding hydrogens is 294 g/mol. The van der Waals surface area contributed by atoms with Crippen molar-refractivity contribution in [2.45, 2.75) is 12.5 Å². The van der Waals surface area contributed by atoms with Gasteiger partial charge in [-0.05, 0) is 41.3 Å². The molecule has 1 aliphatic heterocycles. The molecule has 0 spiro atoms. The fourth-order valence-corrected chi connectivity index (χ4v) is 3.44. The third-order valence-corrected chi connectivity index (χ3v) is 4.58. The predicted octanol–water partition coefficient (Wildman–Crippen LogP) is 4.05. The van der Waals surface area contributed by atoms with E-state index in [1.807, 2.05) is 30.3 Å². The molecule has 2 aromatic carbocycles. The molecule has 1 aromatic heterocycles. The Bertz CT molecular complexity index is 849. The van der Waals surface area contributed by atoms with Crippen LogP contribution < -0.4 is 5.32 Å². The van der Waals surface area contributed by atoms with Gasteiger partial charge in [0.05, 0.1) is 6.04 Å². The number of aromatic amines is 1. The van der Waals surface area contributed by atoms with E-state index in [9.17, 15) is 0 Å². The zero-order chi connectivity index (χ0) is 15.1. The number of benzene rings is 2. The van der Waals surface area contributed by atoms with Crippen LogP contribution in [0, 0.1) is 5.41 Å². The van der Waals surface area contributed by atoms with Crippen LogP contribution in [0.1, 0.15) is 28.4 Å². The van der Waals surface area contributed by atoms with Crippen molar-refractivity contribution in [1.29, 1.82) is 5.41 Å². The van der Waals surface area contributed by atoms with Gasteiger partial charge in [0.15, 0.2) is 0 Å². The van der Waals surface area contributed by atoms with Crippen LogP contribution in [-0.4, -0.2) is 17.7 Å². The first-order valence-corrected chi connectivity index (χ1v) is 7.78. The molecule has 0 fully saturated rings. The van der Waals surface area contributed by atoms with Gasteiger partial charge in [-0.3, -0.25) is 0 Å². The highest BCUT2D eigenvalue weighted by molar-refractivity contribution is 6.31. The van der Waals surface area contributed by atoms with E-state index in [1.54, 1.807) is 0 Å². The molecule has 22 heavy (non-hydrogen) atoms. The van der Waals surface area contributed by atoms with Gasteiger partial charge in [0, 0.05) is 34.4 Å². The van der Waals surface area contributed by atoms with Crippen LogP contribution in [0.4, 0.5) is 0 Å². The van der Waals surface area contributed by atoms with E-state index in [-0.39, 0.29) is 6.04 Å². The molecule has 4 rings (SSSR count). The molecule has 0 saturated heterocycles. The van der Waals surface area contributed by atoms with Gasteiger partial charge in [-0.25, -0.2) is 0 Å². The lowest BCUT2D eigenvalue weighted by atomic mass is 9.94. The molecule has 110 valence electrons. The quantitative estimate of drug-likeness (QED) is 0.614. The number of aromatic nitrogens is 1. The SMILES string of the molecule is N=Cc1ccc(C2NCCc3c2[nH]c2ccc(Cl)cc32)cc1. The van der Waals surface area contributed by atoms with Crippen molar-refractivity contribution in [3.05, 3.63) is 69.9 Å². The standard InChI is InChI=1S/C18H16ClN3/c19-13-5-6-16-15(9-13)14-7-8-21-17(18(14)22-16)12-3-1-11(10-20)2-4-12/h1-6,9-10,17,20-22H,7-8H2. The lowest BCUT2D eigenvalue weighted by Crippen LogP contribution is -2.30. The normalized spacial score (nSPS) is 17.4. The zero-order valence-corrected chi connectivity index (χ0v) is 12.7. The summed E-state index contributed by atoms with van der Waals surface area (Å²) in [6, 6.07) is 14.3. The highest BCUT2D eigenvalue weighted by Gasteiger charge is 2.25. The second kappa shape index (κ2) is 5.27. The van der Waals surface area contributed by atoms with Crippen LogP contribution in [0.3, 0.4) is 0 Å². The lowest BCUT2D eigenvalue weighted by molar-refractivity contribution is 0.560. The molecular formula is C18H16ClN3. The van der Waals surface area contributed by atoms with E-state index >= 15 is 0 Å². The minimum Gasteiger partial charge on any atom is -0.357 e. The summed E-state index contributed by atoms with van der Waals surface area (Å²) in [6.07, 6.45) is 2.37. The number of fused-ring (bicyclic) bond motifs is 3. The minimum atomic E-state index is 0.162. The van der Waals surface area contributed by atoms with Gasteiger partial charge in [-0.1, -0.05) is 35.9 Å². The number of halogens is 1. The summed E-state index contributed by atoms with van der Waals surface area (Å²) in [5.41, 5.74) is 5.86. The monoisotopic (exact) mass is 309 g/mol. The van der Waals surface area contributed by atoms with E-state index in [1.165, 1.54) is 28.4 Å². The smallest absolute Gasteiger partial charge is 0.0732 e. The fraction of sp³-hybridized carbons (Fsp3) is 0.167. The highest BCUT2D eigenvalue weighted by atomic mass is 35.5. The maximum Gasteiger partial charge on any atom is 0.0732 e. The van der Waals surface area contributed by atoms with E-state index in [4.69, 9.17) is 17.0 Å². The summed E-state index contributed by atoms with van der Waals surface area (Å²) in [6.45, 7) is 0.948. The van der Waals surface area contributed by atoms with Crippen molar-refractivity contribution >= 4 is 28.7 Å². The molecule has 1 aliphatic rings. The predicted molar refractivity (Wildman–Crippen MR) is 91.2 cm³/mol. The Balaban J connectivity index is 1.84. The molecule has 0 bridgehead atoms. The van der Waals surface area contributed by atoms with Crippen LogP contribution in [0.5, 0.6) is 0 Å². The number of hydrogen-bond acceptors (Lipinski definition) is 2. The minimum absolute atomic E-state index is 0.162. The Hall–Kier alpha value is -2.10. The van der Waals surface area contributed by atoms with E-state index in [0.717, 1.165) is 29.1 Å². The summed E-state index contributed by atoms with van der Waals surface area (Å²) in [5, 5.41) is 12.9. The van der Waals surface area contributed by atoms with Gasteiger partial charge < -0.3 is 15.7 Å². The fourth-order valence-electron chi connectivity index (χ4n) is 3.27. The van der Waals surface area contributed by atoms with Gasteiger partial charge >= 0.3 is 0 Å². The summed E-state index contributed by atoms with van der Waals surface area (Å²) in [5.74, 6) is 0. The molecule has 2 heterocycles. The second-order valence-electron chi connectivity index (χ2n) is 5.66. The first-order chi connectivity index (χ1) is 10.8. The van der Waals surface area contributed by atoms with Crippen LogP contribution in [-0.2, 0) is 6.42 Å². The largest absolute Gasteiger partial charge is 0.357 e. The highest BCUT2D eigenvalue weighted by Crippen LogP contribution is 2.34. The molecule has 3 aromatic rings. The second-order valence-corrected chi connectivity index (χ2v) is 6.09. The summed E-state index contributed by atoms with van der Waals surface area (Å²) >= 11 is 6.15. The summed E-state index contributed by atoms with van der Waals surface area (Å²) in [7, 11) is 0. The third kappa shape index (κ3) is 2.14. The van der Waals surface area contributed by atoms with E-state index in [2.05, 4.69) is 22.4 Å². The zero-order valence-electron chi connectivity index (χ0n) is 12.0. The lowest BCUT2D eigenvalue weighted by Gasteiger charge is -2.25. The number of hydrogen-bond donors (Lipinski definition) is 3. The van der Waals surface area contributed by atoms with Crippen molar-refractivity contribution in [2.24, 2.45) is 0 Å². The van der Waals surface area contributed by atoms with Crippen molar-refractivity contribution in [1.82, 2.24) is 10.3 Å². The maximum atomic E-state index is 7.31. The average molecular weight is 310 g/mol. The molecule has 1 unspecified atom stereocenters. The van der Waals surface area contributed by atoms with Crippen LogP contribution in [0.25, 0.3) is 10.9 Å². The van der Waals surface area contributed by atoms with Crippen molar-refractivity contribution < 1.29 is 0 Å². The first-order valence-electron chi connectivity index (χ1n) is 7.40. The maximum absolute atomic E-state index is 7.31. The van der Waals surface area contributed by atoms with Gasteiger partial charge in [-0.15, -0.1) is 0 Å². The third-order valence-electron chi connectivity index (χ3n) is 4.35. The Morgan fingerprint density at radius 1 is 1.14 bits per heavy atom. The number of nitrogens with one attached hydrogen (secondary N) is 3. The van der Waals surface area contributed by atoms with Crippen molar-refractivity contribution in [2.75, 3.05) is 6.54 Å². The molecule has 3 N–H and O–H groups in total. The average Bonchev–Trinajstić information content (AvgIpc) is 2.93. The Kier molecular flexibility index (Phi) is 3.25. The van der Waals surface area contributed by atoms with Crippen molar-refractivity contribution in [3.63, 3.8) is 0 Å². The van der Waals surface area contributed by atoms with Crippen LogP contribution in [0.15, 0.2) is 42.5 Å². The van der Waals surface area contributed by atoms with Gasteiger partial charge in [0.2, 0.25) is 0 Å². The summed E-state index contributed by atoms with van der Waals surface area (Å²) < 4.78 is 0. The molecule has 1 atom stereocenters. The van der Waals surface area contributed by atoms with Gasteiger partial charge in [0.25, 0.3) is 0 Å². The topological polar surface area (TPSA) is 51.7 Å². The summed E-state index contributed by atoms with van der Waals surface area (Å²) in [4.78, 5) is 3.55. The van der Waals surface area contributed by atoms with E-state index in [0.29, 0.717) is 0 Å². The Morgan fingerprint density at radius 3 is 2.73 bits per heavy atom. The molecule has 0 aliphatic carbocycles. The molecule has 0 saturated carbocycles. The van der Waals surface area contributed by atoms with Crippen LogP contribution >= 0.6 is 11.6 Å². The molecule has 0 radical (unpaired) electrons. The molecule has 0 amide bonds. The number of rotatable bonds is 2. The Morgan fingerprint density at radius 2 is 1.95 bits per heavy atom. The first kappa shape index (κ1) is 13.6. The van der Waals surface area contributed by atoms with E-state index < -0.39 is 0 Å². The van der Waals surface area contributed by atoms with Gasteiger partial charge in [-0.2, -0.15) is 0 Å².